The number of rotatable bonds is 5. The van der Waals surface area contributed by atoms with Gasteiger partial charge in [-0.15, -0.1) is 0 Å². The van der Waals surface area contributed by atoms with E-state index in [-0.39, 0.29) is 11.9 Å². The second kappa shape index (κ2) is 5.91. The Morgan fingerprint density at radius 3 is 3.18 bits per heavy atom. The van der Waals surface area contributed by atoms with E-state index in [1.54, 1.807) is 4.68 Å². The van der Waals surface area contributed by atoms with Crippen LogP contribution in [0.3, 0.4) is 0 Å². The molecule has 1 aromatic rings. The first-order chi connectivity index (χ1) is 8.29. The van der Waals surface area contributed by atoms with Gasteiger partial charge in [0, 0.05) is 19.6 Å². The molecule has 0 amide bonds. The summed E-state index contributed by atoms with van der Waals surface area (Å²) in [6.07, 6.45) is 5.80. The number of ether oxygens (including phenoxy) is 1. The van der Waals surface area contributed by atoms with Gasteiger partial charge in [-0.1, -0.05) is 0 Å². The predicted molar refractivity (Wildman–Crippen MR) is 62.6 cm³/mol. The molecule has 1 aliphatic rings. The van der Waals surface area contributed by atoms with Crippen molar-refractivity contribution in [2.45, 2.75) is 51.7 Å². The molecule has 1 aliphatic heterocycles. The van der Waals surface area contributed by atoms with E-state index >= 15 is 0 Å². The number of hydrogen-bond acceptors (Lipinski definition) is 4. The lowest BCUT2D eigenvalue weighted by Gasteiger charge is -2.21. The number of ketones is 1. The molecule has 5 nitrogen and oxygen atoms in total. The Bertz CT molecular complexity index is 370. The highest BCUT2D eigenvalue weighted by Gasteiger charge is 2.19. The Morgan fingerprint density at radius 1 is 1.59 bits per heavy atom. The molecule has 0 saturated carbocycles. The molecule has 5 heteroatoms. The highest BCUT2D eigenvalue weighted by atomic mass is 16.5. The summed E-state index contributed by atoms with van der Waals surface area (Å²) in [5.74, 6) is 0.952. The van der Waals surface area contributed by atoms with Crippen molar-refractivity contribution in [3.05, 3.63) is 12.2 Å². The third-order valence-electron chi connectivity index (χ3n) is 3.08. The van der Waals surface area contributed by atoms with Crippen LogP contribution in [-0.4, -0.2) is 33.3 Å². The fraction of sp³-hybridized carbons (Fsp3) is 0.750. The summed E-state index contributed by atoms with van der Waals surface area (Å²) < 4.78 is 7.32. The van der Waals surface area contributed by atoms with Gasteiger partial charge in [-0.3, -0.25) is 4.79 Å². The number of carbonyl (C=O) groups is 1. The summed E-state index contributed by atoms with van der Waals surface area (Å²) in [6, 6.07) is 0. The zero-order valence-electron chi connectivity index (χ0n) is 10.3. The highest BCUT2D eigenvalue weighted by molar-refractivity contribution is 5.80. The van der Waals surface area contributed by atoms with Gasteiger partial charge in [0.1, 0.15) is 17.9 Å². The Morgan fingerprint density at radius 2 is 2.47 bits per heavy atom. The van der Waals surface area contributed by atoms with Crippen LogP contribution in [0.15, 0.2) is 6.33 Å². The zero-order chi connectivity index (χ0) is 12.1. The van der Waals surface area contributed by atoms with Gasteiger partial charge in [-0.2, -0.15) is 5.10 Å². The molecule has 1 atom stereocenters. The summed E-state index contributed by atoms with van der Waals surface area (Å²) in [5, 5.41) is 4.06. The van der Waals surface area contributed by atoms with E-state index in [1.807, 2.05) is 6.92 Å². The molecule has 0 bridgehead atoms. The van der Waals surface area contributed by atoms with Crippen LogP contribution < -0.4 is 0 Å². The van der Waals surface area contributed by atoms with E-state index in [2.05, 4.69) is 10.1 Å². The lowest BCUT2D eigenvalue weighted by molar-refractivity contribution is -0.122. The number of aromatic nitrogens is 3. The fourth-order valence-corrected chi connectivity index (χ4v) is 2.16. The molecule has 1 fully saturated rings. The smallest absolute Gasteiger partial charge is 0.143 e. The minimum atomic E-state index is 0.120. The van der Waals surface area contributed by atoms with Crippen LogP contribution in [0.1, 0.15) is 38.4 Å². The summed E-state index contributed by atoms with van der Waals surface area (Å²) in [5.41, 5.74) is 0. The van der Waals surface area contributed by atoms with E-state index in [1.165, 1.54) is 12.7 Å². The second-order valence-electron chi connectivity index (χ2n) is 4.40. The van der Waals surface area contributed by atoms with Gasteiger partial charge in [0.25, 0.3) is 0 Å². The molecule has 0 radical (unpaired) electrons. The first-order valence-electron chi connectivity index (χ1n) is 6.29. The van der Waals surface area contributed by atoms with Gasteiger partial charge in [-0.25, -0.2) is 9.67 Å². The number of Topliss-reactive ketones (excluding diaryl/α,β-unsaturated/α-hetero) is 1. The average molecular weight is 237 g/mol. The molecule has 0 N–H and O–H groups in total. The van der Waals surface area contributed by atoms with Crippen molar-refractivity contribution in [1.82, 2.24) is 14.8 Å². The van der Waals surface area contributed by atoms with Crippen molar-refractivity contribution in [1.29, 1.82) is 0 Å². The molecule has 2 heterocycles. The molecular formula is C12H19N3O2. The molecule has 0 aliphatic carbocycles. The topological polar surface area (TPSA) is 57.0 Å². The standard InChI is InChI=1S/C12H19N3O2/c1-2-15-12(13-9-14-15)8-10(16)7-11-5-3-4-6-17-11/h9,11H,2-8H2,1H3. The predicted octanol–water partition coefficient (Wildman–Crippen LogP) is 1.37. The lowest BCUT2D eigenvalue weighted by atomic mass is 10.0. The number of carbonyl (C=O) groups excluding carboxylic acids is 1. The zero-order valence-corrected chi connectivity index (χ0v) is 10.3. The van der Waals surface area contributed by atoms with Crippen LogP contribution >= 0.6 is 0 Å². The number of hydrogen-bond donors (Lipinski definition) is 0. The Kier molecular flexibility index (Phi) is 4.25. The van der Waals surface area contributed by atoms with E-state index in [0.717, 1.165) is 31.8 Å². The Labute approximate surface area is 101 Å². The third-order valence-corrected chi connectivity index (χ3v) is 3.08. The summed E-state index contributed by atoms with van der Waals surface area (Å²) in [7, 11) is 0. The molecule has 1 unspecified atom stereocenters. The largest absolute Gasteiger partial charge is 0.378 e. The minimum Gasteiger partial charge on any atom is -0.378 e. The van der Waals surface area contributed by atoms with E-state index in [9.17, 15) is 4.79 Å². The quantitative estimate of drug-likeness (QED) is 0.776. The maximum atomic E-state index is 11.9. The molecular weight excluding hydrogens is 218 g/mol. The van der Waals surface area contributed by atoms with Crippen LogP contribution in [0, 0.1) is 0 Å². The maximum absolute atomic E-state index is 11.9. The van der Waals surface area contributed by atoms with E-state index < -0.39 is 0 Å². The van der Waals surface area contributed by atoms with Gasteiger partial charge in [0.15, 0.2) is 0 Å². The first kappa shape index (κ1) is 12.2. The SMILES string of the molecule is CCn1ncnc1CC(=O)CC1CCCCO1. The van der Waals surface area contributed by atoms with Gasteiger partial charge in [0.2, 0.25) is 0 Å². The summed E-state index contributed by atoms with van der Waals surface area (Å²) in [4.78, 5) is 16.0. The molecule has 94 valence electrons. The number of nitrogens with zero attached hydrogens (tertiary/aromatic N) is 3. The molecule has 17 heavy (non-hydrogen) atoms. The highest BCUT2D eigenvalue weighted by Crippen LogP contribution is 2.16. The summed E-state index contributed by atoms with van der Waals surface area (Å²) >= 11 is 0. The van der Waals surface area contributed by atoms with Crippen LogP contribution in [-0.2, 0) is 22.5 Å². The van der Waals surface area contributed by atoms with Gasteiger partial charge >= 0.3 is 0 Å². The summed E-state index contributed by atoms with van der Waals surface area (Å²) in [6.45, 7) is 3.54. The van der Waals surface area contributed by atoms with Crippen molar-refractivity contribution in [3.8, 4) is 0 Å². The van der Waals surface area contributed by atoms with Crippen molar-refractivity contribution in [3.63, 3.8) is 0 Å². The van der Waals surface area contributed by atoms with Crippen molar-refractivity contribution < 1.29 is 9.53 Å². The van der Waals surface area contributed by atoms with Crippen LogP contribution in [0.5, 0.6) is 0 Å². The van der Waals surface area contributed by atoms with Crippen LogP contribution in [0.4, 0.5) is 0 Å². The second-order valence-corrected chi connectivity index (χ2v) is 4.40. The van der Waals surface area contributed by atoms with E-state index in [4.69, 9.17) is 4.74 Å². The molecule has 0 spiro atoms. The number of aryl methyl sites for hydroxylation is 1. The normalized spacial score (nSPS) is 20.4. The van der Waals surface area contributed by atoms with Crippen molar-refractivity contribution in [2.75, 3.05) is 6.61 Å². The van der Waals surface area contributed by atoms with Crippen molar-refractivity contribution in [2.24, 2.45) is 0 Å². The minimum absolute atomic E-state index is 0.120. The van der Waals surface area contributed by atoms with Crippen LogP contribution in [0.25, 0.3) is 0 Å². The average Bonchev–Trinajstić information content (AvgIpc) is 2.77. The molecule has 1 aromatic heterocycles. The fourth-order valence-electron chi connectivity index (χ4n) is 2.16. The third kappa shape index (κ3) is 3.36. The van der Waals surface area contributed by atoms with Gasteiger partial charge < -0.3 is 4.74 Å². The monoisotopic (exact) mass is 237 g/mol. The molecule has 0 aromatic carbocycles. The molecule has 2 rings (SSSR count). The Balaban J connectivity index is 1.84. The van der Waals surface area contributed by atoms with Crippen molar-refractivity contribution >= 4 is 5.78 Å². The van der Waals surface area contributed by atoms with Gasteiger partial charge in [-0.05, 0) is 26.2 Å². The Hall–Kier alpha value is -1.23. The maximum Gasteiger partial charge on any atom is 0.143 e. The van der Waals surface area contributed by atoms with Crippen LogP contribution in [0.2, 0.25) is 0 Å². The lowest BCUT2D eigenvalue weighted by Crippen LogP contribution is -2.23. The first-order valence-corrected chi connectivity index (χ1v) is 6.29. The van der Waals surface area contributed by atoms with Gasteiger partial charge in [0.05, 0.1) is 12.5 Å². The molecule has 1 saturated heterocycles. The van der Waals surface area contributed by atoms with E-state index in [0.29, 0.717) is 12.8 Å².